The van der Waals surface area contributed by atoms with Crippen LogP contribution in [0.5, 0.6) is 0 Å². The van der Waals surface area contributed by atoms with E-state index in [9.17, 15) is 9.59 Å². The summed E-state index contributed by atoms with van der Waals surface area (Å²) in [5.74, 6) is -0.768. The van der Waals surface area contributed by atoms with Crippen molar-refractivity contribution in [2.24, 2.45) is 5.41 Å². The van der Waals surface area contributed by atoms with Gasteiger partial charge in [0.15, 0.2) is 0 Å². The van der Waals surface area contributed by atoms with Crippen molar-refractivity contribution in [2.45, 2.75) is 44.6 Å². The van der Waals surface area contributed by atoms with Gasteiger partial charge >= 0.3 is 5.97 Å². The van der Waals surface area contributed by atoms with E-state index in [-0.39, 0.29) is 23.8 Å². The van der Waals surface area contributed by atoms with Crippen LogP contribution in [0, 0.1) is 5.41 Å². The molecule has 2 aromatic rings. The van der Waals surface area contributed by atoms with Crippen LogP contribution in [0.15, 0.2) is 60.7 Å². The van der Waals surface area contributed by atoms with Crippen LogP contribution in [0.4, 0.5) is 0 Å². The number of rotatable bonds is 9. The SMILES string of the molecule is O=C(O)CCC(Cc1ccccc1)NC(=O)C1(Cc2ccccc2)CC1. The number of carbonyl (C=O) groups excluding carboxylic acids is 1. The van der Waals surface area contributed by atoms with Gasteiger partial charge in [0.2, 0.25) is 5.91 Å². The Hall–Kier alpha value is -2.62. The molecule has 26 heavy (non-hydrogen) atoms. The molecule has 1 amide bonds. The number of carboxylic acid groups (broad SMARTS) is 1. The molecule has 0 saturated heterocycles. The Morgan fingerprint density at radius 3 is 2.08 bits per heavy atom. The molecule has 1 aliphatic carbocycles. The minimum absolute atomic E-state index is 0.0590. The molecular formula is C22H25NO3. The Labute approximate surface area is 154 Å². The van der Waals surface area contributed by atoms with Crippen molar-refractivity contribution in [3.63, 3.8) is 0 Å². The third-order valence-corrected chi connectivity index (χ3v) is 5.09. The summed E-state index contributed by atoms with van der Waals surface area (Å²) in [6.07, 6.45) is 3.69. The summed E-state index contributed by atoms with van der Waals surface area (Å²) >= 11 is 0. The standard InChI is InChI=1S/C22H25NO3/c24-20(25)12-11-19(15-17-7-3-1-4-8-17)23-21(26)22(13-14-22)16-18-9-5-2-6-10-18/h1-10,19H,11-16H2,(H,23,26)(H,24,25). The van der Waals surface area contributed by atoms with Crippen molar-refractivity contribution >= 4 is 11.9 Å². The molecule has 4 heteroatoms. The fourth-order valence-electron chi connectivity index (χ4n) is 3.38. The average molecular weight is 351 g/mol. The van der Waals surface area contributed by atoms with Gasteiger partial charge in [0.05, 0.1) is 5.41 Å². The molecule has 3 rings (SSSR count). The molecule has 1 atom stereocenters. The molecular weight excluding hydrogens is 326 g/mol. The number of benzene rings is 2. The molecule has 2 aromatic carbocycles. The highest BCUT2D eigenvalue weighted by Crippen LogP contribution is 2.48. The Morgan fingerprint density at radius 1 is 0.962 bits per heavy atom. The molecule has 0 radical (unpaired) electrons. The van der Waals surface area contributed by atoms with E-state index in [1.807, 2.05) is 48.5 Å². The Kier molecular flexibility index (Phi) is 5.71. The molecule has 0 aromatic heterocycles. The molecule has 1 saturated carbocycles. The maximum absolute atomic E-state index is 12.9. The van der Waals surface area contributed by atoms with Gasteiger partial charge in [-0.15, -0.1) is 0 Å². The molecule has 0 bridgehead atoms. The highest BCUT2D eigenvalue weighted by atomic mass is 16.4. The average Bonchev–Trinajstić information content (AvgIpc) is 3.42. The molecule has 0 aliphatic heterocycles. The van der Waals surface area contributed by atoms with Gasteiger partial charge in [0.25, 0.3) is 0 Å². The van der Waals surface area contributed by atoms with Crippen LogP contribution < -0.4 is 5.32 Å². The molecule has 0 heterocycles. The summed E-state index contributed by atoms with van der Waals surface area (Å²) in [6.45, 7) is 0. The van der Waals surface area contributed by atoms with Gasteiger partial charge in [-0.2, -0.15) is 0 Å². The molecule has 136 valence electrons. The van der Waals surface area contributed by atoms with Crippen LogP contribution in [-0.4, -0.2) is 23.0 Å². The Bertz CT molecular complexity index is 738. The first kappa shape index (κ1) is 18.2. The quantitative estimate of drug-likeness (QED) is 0.725. The van der Waals surface area contributed by atoms with E-state index in [1.165, 1.54) is 5.56 Å². The summed E-state index contributed by atoms with van der Waals surface area (Å²) in [6, 6.07) is 19.8. The second-order valence-electron chi connectivity index (χ2n) is 7.24. The molecule has 2 N–H and O–H groups in total. The van der Waals surface area contributed by atoms with Crippen LogP contribution in [-0.2, 0) is 22.4 Å². The van der Waals surface area contributed by atoms with Gasteiger partial charge in [0, 0.05) is 12.5 Å². The predicted octanol–water partition coefficient (Wildman–Crippen LogP) is 3.60. The minimum Gasteiger partial charge on any atom is -0.481 e. The van der Waals surface area contributed by atoms with Crippen molar-refractivity contribution in [1.29, 1.82) is 0 Å². The maximum atomic E-state index is 12.9. The molecule has 4 nitrogen and oxygen atoms in total. The van der Waals surface area contributed by atoms with E-state index in [0.29, 0.717) is 12.8 Å². The van der Waals surface area contributed by atoms with E-state index in [2.05, 4.69) is 17.4 Å². The number of carboxylic acids is 1. The zero-order chi connectivity index (χ0) is 18.4. The summed E-state index contributed by atoms with van der Waals surface area (Å²) in [4.78, 5) is 23.9. The maximum Gasteiger partial charge on any atom is 0.303 e. The first-order chi connectivity index (χ1) is 12.6. The molecule has 1 aliphatic rings. The minimum atomic E-state index is -0.831. The summed E-state index contributed by atoms with van der Waals surface area (Å²) in [5.41, 5.74) is 1.96. The van der Waals surface area contributed by atoms with Crippen molar-refractivity contribution in [2.75, 3.05) is 0 Å². The fraction of sp³-hybridized carbons (Fsp3) is 0.364. The third-order valence-electron chi connectivity index (χ3n) is 5.09. The highest BCUT2D eigenvalue weighted by molar-refractivity contribution is 5.86. The highest BCUT2D eigenvalue weighted by Gasteiger charge is 2.49. The number of amides is 1. The largest absolute Gasteiger partial charge is 0.481 e. The van der Waals surface area contributed by atoms with E-state index < -0.39 is 5.97 Å². The first-order valence-corrected chi connectivity index (χ1v) is 9.18. The third kappa shape index (κ3) is 4.94. The van der Waals surface area contributed by atoms with Crippen LogP contribution in [0.2, 0.25) is 0 Å². The number of carbonyl (C=O) groups is 2. The Balaban J connectivity index is 1.65. The van der Waals surface area contributed by atoms with Crippen LogP contribution in [0.25, 0.3) is 0 Å². The second kappa shape index (κ2) is 8.17. The molecule has 1 fully saturated rings. The first-order valence-electron chi connectivity index (χ1n) is 9.18. The van der Waals surface area contributed by atoms with Gasteiger partial charge in [-0.1, -0.05) is 60.7 Å². The smallest absolute Gasteiger partial charge is 0.303 e. The van der Waals surface area contributed by atoms with E-state index >= 15 is 0 Å². The van der Waals surface area contributed by atoms with Gasteiger partial charge in [-0.3, -0.25) is 9.59 Å². The summed E-state index contributed by atoms with van der Waals surface area (Å²) in [7, 11) is 0. The van der Waals surface area contributed by atoms with Crippen molar-refractivity contribution in [3.05, 3.63) is 71.8 Å². The van der Waals surface area contributed by atoms with Gasteiger partial charge in [-0.05, 0) is 43.2 Å². The normalized spacial score (nSPS) is 15.8. The predicted molar refractivity (Wildman–Crippen MR) is 101 cm³/mol. The molecule has 1 unspecified atom stereocenters. The lowest BCUT2D eigenvalue weighted by Gasteiger charge is -2.22. The van der Waals surface area contributed by atoms with E-state index in [0.717, 1.165) is 24.8 Å². The number of hydrogen-bond acceptors (Lipinski definition) is 2. The number of hydrogen-bond donors (Lipinski definition) is 2. The zero-order valence-electron chi connectivity index (χ0n) is 14.9. The van der Waals surface area contributed by atoms with Gasteiger partial charge in [0.1, 0.15) is 0 Å². The van der Waals surface area contributed by atoms with Gasteiger partial charge in [-0.25, -0.2) is 0 Å². The van der Waals surface area contributed by atoms with Crippen molar-refractivity contribution in [1.82, 2.24) is 5.32 Å². The summed E-state index contributed by atoms with van der Waals surface area (Å²) < 4.78 is 0. The second-order valence-corrected chi connectivity index (χ2v) is 7.24. The topological polar surface area (TPSA) is 66.4 Å². The van der Waals surface area contributed by atoms with Crippen molar-refractivity contribution in [3.8, 4) is 0 Å². The van der Waals surface area contributed by atoms with Gasteiger partial charge < -0.3 is 10.4 Å². The lowest BCUT2D eigenvalue weighted by Crippen LogP contribution is -2.42. The van der Waals surface area contributed by atoms with Crippen LogP contribution in [0.3, 0.4) is 0 Å². The number of aliphatic carboxylic acids is 1. The number of nitrogens with one attached hydrogen (secondary N) is 1. The lowest BCUT2D eigenvalue weighted by molar-refractivity contribution is -0.137. The van der Waals surface area contributed by atoms with Crippen LogP contribution in [0.1, 0.15) is 36.8 Å². The van der Waals surface area contributed by atoms with E-state index in [4.69, 9.17) is 5.11 Å². The Morgan fingerprint density at radius 2 is 1.54 bits per heavy atom. The van der Waals surface area contributed by atoms with Crippen molar-refractivity contribution < 1.29 is 14.7 Å². The zero-order valence-corrected chi connectivity index (χ0v) is 14.9. The summed E-state index contributed by atoms with van der Waals surface area (Å²) in [5, 5.41) is 12.2. The van der Waals surface area contributed by atoms with Crippen LogP contribution >= 0.6 is 0 Å². The monoisotopic (exact) mass is 351 g/mol. The lowest BCUT2D eigenvalue weighted by atomic mass is 9.94. The molecule has 0 spiro atoms. The van der Waals surface area contributed by atoms with E-state index in [1.54, 1.807) is 0 Å². The fourth-order valence-corrected chi connectivity index (χ4v) is 3.38.